The van der Waals surface area contributed by atoms with Gasteiger partial charge in [0.15, 0.2) is 0 Å². The minimum atomic E-state index is -0.903. The maximum absolute atomic E-state index is 13.1. The van der Waals surface area contributed by atoms with Gasteiger partial charge in [0.2, 0.25) is 5.91 Å². The molecule has 3 rings (SSSR count). The normalized spacial score (nSPS) is 19.3. The summed E-state index contributed by atoms with van der Waals surface area (Å²) in [6.07, 6.45) is 2.55. The largest absolute Gasteiger partial charge is 0.349 e. The molecule has 1 aliphatic rings. The maximum Gasteiger partial charge on any atom is 0.314 e. The van der Waals surface area contributed by atoms with Gasteiger partial charge in [0.25, 0.3) is 5.91 Å². The van der Waals surface area contributed by atoms with Crippen molar-refractivity contribution in [2.45, 2.75) is 37.9 Å². The summed E-state index contributed by atoms with van der Waals surface area (Å²) in [5.74, 6) is -2.39. The van der Waals surface area contributed by atoms with Gasteiger partial charge in [-0.3, -0.25) is 19.2 Å². The van der Waals surface area contributed by atoms with Crippen molar-refractivity contribution < 1.29 is 19.2 Å². The van der Waals surface area contributed by atoms with Gasteiger partial charge in [-0.2, -0.15) is 0 Å². The number of anilines is 1. The number of hydrogen-bond acceptors (Lipinski definition) is 7. The molecule has 4 N–H and O–H groups in total. The average molecular weight is 555 g/mol. The van der Waals surface area contributed by atoms with Crippen molar-refractivity contribution in [3.05, 3.63) is 44.2 Å². The lowest BCUT2D eigenvalue weighted by atomic mass is 9.81. The lowest BCUT2D eigenvalue weighted by Crippen LogP contribution is -2.57. The topological polar surface area (TPSA) is 133 Å². The molecular weight excluding hydrogens is 527 g/mol. The summed E-state index contributed by atoms with van der Waals surface area (Å²) in [4.78, 5) is 56.6. The Hall–Kier alpha value is -2.73. The summed E-state index contributed by atoms with van der Waals surface area (Å²) in [6.45, 7) is 0.516. The van der Waals surface area contributed by atoms with E-state index in [4.69, 9.17) is 23.2 Å². The summed E-state index contributed by atoms with van der Waals surface area (Å²) >= 11 is 13.4. The minimum Gasteiger partial charge on any atom is -0.349 e. The van der Waals surface area contributed by atoms with E-state index in [0.29, 0.717) is 40.7 Å². The van der Waals surface area contributed by atoms with E-state index in [0.717, 1.165) is 5.56 Å². The Morgan fingerprint density at radius 1 is 1.08 bits per heavy atom. The van der Waals surface area contributed by atoms with E-state index in [1.807, 2.05) is 0 Å². The Labute approximate surface area is 223 Å². The van der Waals surface area contributed by atoms with E-state index < -0.39 is 29.8 Å². The number of thiophene rings is 1. The molecule has 4 amide bonds. The summed E-state index contributed by atoms with van der Waals surface area (Å²) in [7, 11) is 5.13. The highest BCUT2D eigenvalue weighted by Crippen LogP contribution is 2.30. The standard InChI is InChI=1S/C23H28Cl2N6O4S/c1-26-9-13-11-36-19(18(13)25)20(32)29-16-8-12(23(35)31(2)3)4-6-15(16)28-21(33)22(34)30-17-7-5-14(24)10-27-17/h5,7,10-12,15-16,26H,4,6,8-9H2,1-3H3,(H,28,33)(H,29,32)(H,27,30,34)/t12-,15-,16+/m0/s1. The molecule has 0 unspecified atom stereocenters. The molecule has 2 aromatic rings. The third-order valence-corrected chi connectivity index (χ3v) is 7.62. The molecule has 1 saturated carbocycles. The van der Waals surface area contributed by atoms with Gasteiger partial charge in [-0.25, -0.2) is 4.98 Å². The van der Waals surface area contributed by atoms with Crippen LogP contribution >= 0.6 is 34.5 Å². The van der Waals surface area contributed by atoms with Crippen LogP contribution in [0.1, 0.15) is 34.5 Å². The molecular formula is C23H28Cl2N6O4S. The van der Waals surface area contributed by atoms with Gasteiger partial charge in [0.05, 0.1) is 16.1 Å². The zero-order valence-electron chi connectivity index (χ0n) is 20.1. The molecule has 1 fully saturated rings. The molecule has 0 spiro atoms. The monoisotopic (exact) mass is 554 g/mol. The fourth-order valence-corrected chi connectivity index (χ4v) is 5.40. The molecule has 10 nitrogen and oxygen atoms in total. The molecule has 3 atom stereocenters. The smallest absolute Gasteiger partial charge is 0.314 e. The number of aromatic nitrogens is 1. The van der Waals surface area contributed by atoms with Crippen LogP contribution in [0.25, 0.3) is 0 Å². The highest BCUT2D eigenvalue weighted by atomic mass is 35.5. The number of nitrogens with zero attached hydrogens (tertiary/aromatic N) is 2. The quantitative estimate of drug-likeness (QED) is 0.388. The van der Waals surface area contributed by atoms with Crippen LogP contribution in [-0.4, -0.2) is 66.7 Å². The second-order valence-corrected chi connectivity index (χ2v) is 10.3. The molecule has 0 radical (unpaired) electrons. The van der Waals surface area contributed by atoms with Crippen molar-refractivity contribution in [1.82, 2.24) is 25.8 Å². The molecule has 0 saturated heterocycles. The Morgan fingerprint density at radius 3 is 2.47 bits per heavy atom. The molecule has 1 aliphatic carbocycles. The highest BCUT2D eigenvalue weighted by molar-refractivity contribution is 7.13. The van der Waals surface area contributed by atoms with Crippen LogP contribution < -0.4 is 21.3 Å². The fourth-order valence-electron chi connectivity index (χ4n) is 4.03. The zero-order chi connectivity index (χ0) is 26.4. The number of halogens is 2. The van der Waals surface area contributed by atoms with Crippen LogP contribution in [0, 0.1) is 5.92 Å². The molecule has 13 heteroatoms. The van der Waals surface area contributed by atoms with E-state index in [-0.39, 0.29) is 17.6 Å². The van der Waals surface area contributed by atoms with Gasteiger partial charge >= 0.3 is 11.8 Å². The van der Waals surface area contributed by atoms with Crippen LogP contribution in [0.2, 0.25) is 10.0 Å². The molecule has 194 valence electrons. The lowest BCUT2D eigenvalue weighted by Gasteiger charge is -2.37. The molecule has 0 bridgehead atoms. The lowest BCUT2D eigenvalue weighted by molar-refractivity contribution is -0.137. The molecule has 2 aromatic heterocycles. The van der Waals surface area contributed by atoms with E-state index in [9.17, 15) is 19.2 Å². The van der Waals surface area contributed by atoms with Crippen LogP contribution in [-0.2, 0) is 20.9 Å². The number of amides is 4. The van der Waals surface area contributed by atoms with E-state index in [2.05, 4.69) is 26.3 Å². The zero-order valence-corrected chi connectivity index (χ0v) is 22.4. The third kappa shape index (κ3) is 6.94. The third-order valence-electron chi connectivity index (χ3n) is 5.82. The SMILES string of the molecule is CNCc1csc(C(=O)N[C@@H]2C[C@@H](C(=O)N(C)C)CC[C@@H]2NC(=O)C(=O)Nc2ccc(Cl)cn2)c1Cl. The van der Waals surface area contributed by atoms with Crippen LogP contribution in [0.5, 0.6) is 0 Å². The first-order valence-corrected chi connectivity index (χ1v) is 12.9. The minimum absolute atomic E-state index is 0.0592. The molecule has 36 heavy (non-hydrogen) atoms. The summed E-state index contributed by atoms with van der Waals surface area (Å²) in [5, 5.41) is 13.6. The van der Waals surface area contributed by atoms with Gasteiger partial charge in [0.1, 0.15) is 10.7 Å². The number of nitrogens with one attached hydrogen (secondary N) is 4. The van der Waals surface area contributed by atoms with Gasteiger partial charge in [0, 0.05) is 38.8 Å². The maximum atomic E-state index is 13.1. The Balaban J connectivity index is 1.73. The van der Waals surface area contributed by atoms with Crippen molar-refractivity contribution in [3.8, 4) is 0 Å². The van der Waals surface area contributed by atoms with Gasteiger partial charge in [-0.1, -0.05) is 23.2 Å². The molecule has 0 aliphatic heterocycles. The average Bonchev–Trinajstić information content (AvgIpc) is 3.21. The van der Waals surface area contributed by atoms with Crippen LogP contribution in [0.3, 0.4) is 0 Å². The highest BCUT2D eigenvalue weighted by Gasteiger charge is 2.37. The number of pyridine rings is 1. The Bertz CT molecular complexity index is 1120. The first kappa shape index (κ1) is 27.9. The second kappa shape index (κ2) is 12.5. The number of rotatable bonds is 7. The summed E-state index contributed by atoms with van der Waals surface area (Å²) in [6, 6.07) is 1.86. The van der Waals surface area contributed by atoms with Crippen LogP contribution in [0.4, 0.5) is 5.82 Å². The molecule has 0 aromatic carbocycles. The van der Waals surface area contributed by atoms with Crippen molar-refractivity contribution in [2.75, 3.05) is 26.5 Å². The van der Waals surface area contributed by atoms with E-state index >= 15 is 0 Å². The van der Waals surface area contributed by atoms with Gasteiger partial charge in [-0.05, 0) is 49.4 Å². The first-order valence-electron chi connectivity index (χ1n) is 11.3. The predicted octanol–water partition coefficient (Wildman–Crippen LogP) is 2.28. The second-order valence-electron chi connectivity index (χ2n) is 8.65. The van der Waals surface area contributed by atoms with Crippen LogP contribution in [0.15, 0.2) is 23.7 Å². The number of hydrogen-bond donors (Lipinski definition) is 4. The summed E-state index contributed by atoms with van der Waals surface area (Å²) < 4.78 is 0. The van der Waals surface area contributed by atoms with Crippen molar-refractivity contribution in [2.24, 2.45) is 5.92 Å². The summed E-state index contributed by atoms with van der Waals surface area (Å²) in [5.41, 5.74) is 0.802. The fraction of sp³-hybridized carbons (Fsp3) is 0.435. The van der Waals surface area contributed by atoms with Gasteiger partial charge in [-0.15, -0.1) is 11.3 Å². The Morgan fingerprint density at radius 2 is 1.83 bits per heavy atom. The Kier molecular flexibility index (Phi) is 9.66. The predicted molar refractivity (Wildman–Crippen MR) is 139 cm³/mol. The van der Waals surface area contributed by atoms with Gasteiger partial charge < -0.3 is 26.2 Å². The van der Waals surface area contributed by atoms with Crippen molar-refractivity contribution in [3.63, 3.8) is 0 Å². The molecule has 2 heterocycles. The number of carbonyl (C=O) groups is 4. The van der Waals surface area contributed by atoms with E-state index in [1.54, 1.807) is 26.5 Å². The first-order chi connectivity index (χ1) is 17.1. The van der Waals surface area contributed by atoms with E-state index in [1.165, 1.54) is 34.6 Å². The number of carbonyl (C=O) groups excluding carboxylic acids is 4. The van der Waals surface area contributed by atoms with Crippen molar-refractivity contribution in [1.29, 1.82) is 0 Å². The van der Waals surface area contributed by atoms with Crippen molar-refractivity contribution >= 4 is 64.0 Å².